The van der Waals surface area contributed by atoms with Crippen molar-refractivity contribution in [3.8, 4) is 0 Å². The Balaban J connectivity index is 1.63. The van der Waals surface area contributed by atoms with Crippen molar-refractivity contribution in [2.24, 2.45) is 11.0 Å². The Morgan fingerprint density at radius 1 is 1.21 bits per heavy atom. The topological polar surface area (TPSA) is 70.3 Å². The highest BCUT2D eigenvalue weighted by Crippen LogP contribution is 2.46. The van der Waals surface area contributed by atoms with Gasteiger partial charge in [-0.05, 0) is 69.0 Å². The van der Waals surface area contributed by atoms with Gasteiger partial charge in [0.05, 0.1) is 23.4 Å². The predicted octanol–water partition coefficient (Wildman–Crippen LogP) is 4.78. The van der Waals surface area contributed by atoms with Crippen molar-refractivity contribution in [2.45, 2.75) is 51.2 Å². The van der Waals surface area contributed by atoms with Gasteiger partial charge >= 0.3 is 0 Å². The van der Waals surface area contributed by atoms with Crippen LogP contribution in [0.15, 0.2) is 58.0 Å². The van der Waals surface area contributed by atoms with Crippen LogP contribution in [-0.4, -0.2) is 62.0 Å². The molecule has 5 atom stereocenters. The molecular weight excluding hydrogens is 557 g/mol. The second-order valence-electron chi connectivity index (χ2n) is 11.5. The van der Waals surface area contributed by atoms with Gasteiger partial charge in [0.15, 0.2) is 5.54 Å². The minimum Gasteiger partial charge on any atom is -0.465 e. The minimum atomic E-state index is -1.36. The summed E-state index contributed by atoms with van der Waals surface area (Å²) in [7, 11) is 6.49. The summed E-state index contributed by atoms with van der Waals surface area (Å²) in [6.07, 6.45) is 1.55. The molecule has 7 nitrogen and oxygen atoms in total. The van der Waals surface area contributed by atoms with E-state index < -0.39 is 23.1 Å². The van der Waals surface area contributed by atoms with Crippen LogP contribution < -0.4 is 15.6 Å². The van der Waals surface area contributed by atoms with E-state index in [1.54, 1.807) is 12.1 Å². The molecule has 5 unspecified atom stereocenters. The lowest BCUT2D eigenvalue weighted by molar-refractivity contribution is -0.126. The zero-order valence-corrected chi connectivity index (χ0v) is 25.9. The first-order valence-corrected chi connectivity index (χ1v) is 14.9. The number of ether oxygens (including phenoxy) is 1. The van der Waals surface area contributed by atoms with E-state index in [2.05, 4.69) is 26.5 Å². The summed E-state index contributed by atoms with van der Waals surface area (Å²) < 4.78 is 41.4. The highest BCUT2D eigenvalue weighted by atomic mass is 31.0. The number of aryl methyl sites for hydroxylation is 2. The van der Waals surface area contributed by atoms with Gasteiger partial charge in [-0.3, -0.25) is 4.79 Å². The van der Waals surface area contributed by atoms with Crippen molar-refractivity contribution < 1.29 is 22.7 Å². The smallest absolute Gasteiger partial charge is 0.248 e. The molecule has 0 spiro atoms. The number of hydrogen-bond donors (Lipinski definition) is 1. The molecular formula is C32H39F2N4O3P. The molecule has 0 bridgehead atoms. The Morgan fingerprint density at radius 2 is 2.00 bits per heavy atom. The first-order chi connectivity index (χ1) is 20.1. The number of nitrogens with one attached hydrogen (secondary N) is 1. The number of carbonyl (C=O) groups excluding carboxylic acids is 1. The van der Waals surface area contributed by atoms with Crippen LogP contribution in [0.5, 0.6) is 0 Å². The molecule has 0 aliphatic carbocycles. The molecule has 1 N–H and O–H groups in total. The minimum absolute atomic E-state index is 0.0258. The van der Waals surface area contributed by atoms with Crippen molar-refractivity contribution in [1.29, 1.82) is 0 Å². The fourth-order valence-electron chi connectivity index (χ4n) is 6.22. The van der Waals surface area contributed by atoms with Crippen molar-refractivity contribution in [2.75, 3.05) is 38.8 Å². The molecule has 1 amide bonds. The number of carbonyl (C=O) groups is 1. The Hall–Kier alpha value is -3.13. The second-order valence-corrected chi connectivity index (χ2v) is 12.1. The van der Waals surface area contributed by atoms with Gasteiger partial charge in [0.2, 0.25) is 5.91 Å². The Bertz CT molecular complexity index is 1490. The number of benzene rings is 2. The lowest BCUT2D eigenvalue weighted by atomic mass is 9.78. The van der Waals surface area contributed by atoms with Crippen LogP contribution in [0.3, 0.4) is 0 Å². The summed E-state index contributed by atoms with van der Waals surface area (Å²) in [4.78, 5) is 16.8. The van der Waals surface area contributed by atoms with Crippen molar-refractivity contribution in [3.05, 3.63) is 82.8 Å². The lowest BCUT2D eigenvalue weighted by Crippen LogP contribution is -2.59. The highest BCUT2D eigenvalue weighted by molar-refractivity contribution is 7.28. The average molecular weight is 597 g/mol. The van der Waals surface area contributed by atoms with Gasteiger partial charge < -0.3 is 19.4 Å². The Morgan fingerprint density at radius 3 is 2.67 bits per heavy atom. The molecule has 3 aromatic rings. The summed E-state index contributed by atoms with van der Waals surface area (Å²) in [5.41, 5.74) is 0.774. The number of halogens is 2. The number of rotatable bonds is 8. The first kappa shape index (κ1) is 30.3. The molecule has 1 fully saturated rings. The second kappa shape index (κ2) is 12.2. The van der Waals surface area contributed by atoms with E-state index in [4.69, 9.17) is 14.3 Å². The third-order valence-electron chi connectivity index (χ3n) is 8.57. The van der Waals surface area contributed by atoms with Crippen LogP contribution >= 0.6 is 9.24 Å². The molecule has 42 heavy (non-hydrogen) atoms. The number of furan rings is 1. The molecule has 10 heteroatoms. The molecule has 0 saturated carbocycles. The van der Waals surface area contributed by atoms with Crippen LogP contribution in [0.4, 0.5) is 14.5 Å². The van der Waals surface area contributed by atoms with Crippen LogP contribution in [-0.2, 0) is 16.0 Å². The number of methoxy groups -OCH3 is 1. The maximum absolute atomic E-state index is 15.4. The van der Waals surface area contributed by atoms with Crippen molar-refractivity contribution >= 4 is 31.9 Å². The van der Waals surface area contributed by atoms with Gasteiger partial charge in [-0.25, -0.2) is 13.8 Å². The standard InChI is InChI=1S/C32H39F2N4O3P/c1-6-22-9-12-27(41-22)29-30(23-10-8-21(33)16-24(23)34)36-38(25-11-7-19(2)15-28(25)42)32(29,3)31(39)35-17-20-18-37(4)14-13-26(20)40-5/h7-12,15-16,20,26,29H,6,13-14,17-18,42H2,1-5H3,(H,35,39). The Labute approximate surface area is 248 Å². The van der Waals surface area contributed by atoms with Gasteiger partial charge in [-0.15, -0.1) is 9.24 Å². The number of likely N-dealkylation sites (tertiary alicyclic amines) is 1. The van der Waals surface area contributed by atoms with E-state index in [9.17, 15) is 9.18 Å². The van der Waals surface area contributed by atoms with E-state index in [0.29, 0.717) is 30.1 Å². The van der Waals surface area contributed by atoms with Crippen LogP contribution in [0.1, 0.15) is 48.8 Å². The summed E-state index contributed by atoms with van der Waals surface area (Å²) in [6.45, 7) is 7.89. The third kappa shape index (κ3) is 5.62. The molecule has 224 valence electrons. The molecule has 1 aromatic heterocycles. The predicted molar refractivity (Wildman–Crippen MR) is 165 cm³/mol. The number of piperidine rings is 1. The molecule has 2 aliphatic heterocycles. The molecule has 3 heterocycles. The first-order valence-electron chi connectivity index (χ1n) is 14.3. The van der Waals surface area contributed by atoms with Crippen LogP contribution in [0.2, 0.25) is 0 Å². The molecule has 2 aliphatic rings. The number of amides is 1. The SMILES string of the molecule is CCc1ccc(C2C(c3ccc(F)cc3F)=NN(c3ccc(C)cc3P)C2(C)C(=O)NCC2CN(C)CCC2OC)o1. The lowest BCUT2D eigenvalue weighted by Gasteiger charge is -2.39. The summed E-state index contributed by atoms with van der Waals surface area (Å²) in [6, 6.07) is 12.9. The van der Waals surface area contributed by atoms with Gasteiger partial charge in [-0.2, -0.15) is 5.10 Å². The maximum Gasteiger partial charge on any atom is 0.248 e. The van der Waals surface area contributed by atoms with E-state index in [1.165, 1.54) is 12.1 Å². The summed E-state index contributed by atoms with van der Waals surface area (Å²) in [5.74, 6) is -1.21. The number of anilines is 1. The zero-order valence-electron chi connectivity index (χ0n) is 24.8. The quantitative estimate of drug-likeness (QED) is 0.379. The van der Waals surface area contributed by atoms with Gasteiger partial charge in [-0.1, -0.05) is 18.6 Å². The van der Waals surface area contributed by atoms with Gasteiger partial charge in [0.25, 0.3) is 0 Å². The van der Waals surface area contributed by atoms with E-state index in [1.807, 2.05) is 51.1 Å². The van der Waals surface area contributed by atoms with Crippen LogP contribution in [0.25, 0.3) is 0 Å². The van der Waals surface area contributed by atoms with E-state index >= 15 is 4.39 Å². The zero-order chi connectivity index (χ0) is 30.2. The largest absolute Gasteiger partial charge is 0.465 e. The molecule has 5 rings (SSSR count). The monoisotopic (exact) mass is 596 g/mol. The van der Waals surface area contributed by atoms with Gasteiger partial charge in [0, 0.05) is 50.7 Å². The maximum atomic E-state index is 15.4. The third-order valence-corrected chi connectivity index (χ3v) is 9.03. The van der Waals surface area contributed by atoms with Crippen LogP contribution in [0, 0.1) is 24.5 Å². The number of nitrogens with zero attached hydrogens (tertiary/aromatic N) is 3. The van der Waals surface area contributed by atoms with E-state index in [0.717, 1.165) is 42.2 Å². The number of hydrogen-bond acceptors (Lipinski definition) is 6. The molecule has 0 radical (unpaired) electrons. The average Bonchev–Trinajstić information content (AvgIpc) is 3.54. The number of hydrazone groups is 1. The Kier molecular flexibility index (Phi) is 8.83. The summed E-state index contributed by atoms with van der Waals surface area (Å²) >= 11 is 0. The van der Waals surface area contributed by atoms with Gasteiger partial charge in [0.1, 0.15) is 23.2 Å². The fraction of sp³-hybridized carbons (Fsp3) is 0.438. The highest BCUT2D eigenvalue weighted by Gasteiger charge is 2.56. The van der Waals surface area contributed by atoms with Crippen molar-refractivity contribution in [1.82, 2.24) is 10.2 Å². The molecule has 1 saturated heterocycles. The molecule has 2 aromatic carbocycles. The van der Waals surface area contributed by atoms with Crippen molar-refractivity contribution in [3.63, 3.8) is 0 Å². The van der Waals surface area contributed by atoms with E-state index in [-0.39, 0.29) is 23.5 Å². The normalized spacial score (nSPS) is 24.6. The fourth-order valence-corrected chi connectivity index (χ4v) is 6.70. The summed E-state index contributed by atoms with van der Waals surface area (Å²) in [5, 5.41) is 10.6.